The molecule has 0 fully saturated rings. The van der Waals surface area contributed by atoms with E-state index in [1.165, 1.54) is 10.1 Å². The lowest BCUT2D eigenvalue weighted by Crippen LogP contribution is -2.40. The number of fused-ring (bicyclic) bond motifs is 1. The van der Waals surface area contributed by atoms with E-state index in [2.05, 4.69) is 37.1 Å². The van der Waals surface area contributed by atoms with Crippen LogP contribution in [0.25, 0.3) is 11.1 Å². The number of hydrogen-bond donors (Lipinski definition) is 1. The number of sulfone groups is 1. The quantitative estimate of drug-likeness (QED) is 0.280. The van der Waals surface area contributed by atoms with Gasteiger partial charge in [-0.2, -0.15) is 0 Å². The number of nitrogens with one attached hydrogen (secondary N) is 1. The summed E-state index contributed by atoms with van der Waals surface area (Å²) in [6.07, 6.45) is 5.76. The molecule has 1 amide bonds. The number of pyridine rings is 1. The van der Waals surface area contributed by atoms with Gasteiger partial charge in [0.05, 0.1) is 16.7 Å². The van der Waals surface area contributed by atoms with Gasteiger partial charge in [-0.15, -0.1) is 0 Å². The van der Waals surface area contributed by atoms with Crippen LogP contribution in [0.1, 0.15) is 66.2 Å². The molecule has 0 aliphatic carbocycles. The molecule has 1 radical (unpaired) electrons. The standard InChI is InChI=1S/C34H38N5O4S/c1-6-31-29-16-25(33(41)35-18-23-8-11-27(12-9-23)44(42,43)7-2)10-13-28(29)30(22(3)4)21-39(31)34-36-19-26(20-37-34)24-14-15-38(5)32(40)17-24/h8-17,19-20,22,30-31H,1,6-7,18,21H2,2-5H3,(H,35,41)/t30-,31?/m1/s1. The third-order valence-corrected chi connectivity index (χ3v) is 10.2. The van der Waals surface area contributed by atoms with Crippen molar-refractivity contribution >= 4 is 21.7 Å². The number of aromatic nitrogens is 3. The van der Waals surface area contributed by atoms with Crippen LogP contribution in [0.2, 0.25) is 0 Å². The number of carbonyl (C=O) groups excluding carboxylic acids is 1. The topological polar surface area (TPSA) is 114 Å². The molecule has 0 saturated carbocycles. The zero-order valence-electron chi connectivity index (χ0n) is 25.5. The van der Waals surface area contributed by atoms with Crippen LogP contribution in [0.4, 0.5) is 5.95 Å². The van der Waals surface area contributed by atoms with Crippen molar-refractivity contribution in [3.8, 4) is 11.1 Å². The van der Waals surface area contributed by atoms with E-state index in [1.54, 1.807) is 62.9 Å². The second-order valence-corrected chi connectivity index (χ2v) is 13.8. The molecular formula is C34H38N5O4S. The Kier molecular flexibility index (Phi) is 9.01. The van der Waals surface area contributed by atoms with Crippen LogP contribution in [-0.4, -0.2) is 41.2 Å². The lowest BCUT2D eigenvalue weighted by atomic mass is 9.78. The van der Waals surface area contributed by atoms with Gasteiger partial charge in [-0.1, -0.05) is 45.9 Å². The van der Waals surface area contributed by atoms with E-state index in [9.17, 15) is 18.0 Å². The Morgan fingerprint density at radius 1 is 1.02 bits per heavy atom. The smallest absolute Gasteiger partial charge is 0.251 e. The van der Waals surface area contributed by atoms with Gasteiger partial charge in [-0.25, -0.2) is 18.4 Å². The molecule has 9 nitrogen and oxygen atoms in total. The van der Waals surface area contributed by atoms with E-state index in [4.69, 9.17) is 9.97 Å². The summed E-state index contributed by atoms with van der Waals surface area (Å²) in [5.41, 5.74) is 5.00. The first-order chi connectivity index (χ1) is 21.0. The molecule has 2 aromatic heterocycles. The summed E-state index contributed by atoms with van der Waals surface area (Å²) in [6, 6.07) is 15.8. The van der Waals surface area contributed by atoms with Crippen molar-refractivity contribution in [2.45, 2.75) is 50.6 Å². The molecule has 0 spiro atoms. The van der Waals surface area contributed by atoms with Gasteiger partial charge in [0.2, 0.25) is 5.95 Å². The molecular weight excluding hydrogens is 574 g/mol. The van der Waals surface area contributed by atoms with Gasteiger partial charge in [0.25, 0.3) is 11.5 Å². The number of nitrogens with zero attached hydrogens (tertiary/aromatic N) is 4. The molecule has 3 heterocycles. The van der Waals surface area contributed by atoms with Crippen molar-refractivity contribution in [2.24, 2.45) is 13.0 Å². The third-order valence-electron chi connectivity index (χ3n) is 8.40. The summed E-state index contributed by atoms with van der Waals surface area (Å²) < 4.78 is 25.7. The summed E-state index contributed by atoms with van der Waals surface area (Å²) in [6.45, 7) is 11.2. The molecule has 1 aliphatic rings. The first-order valence-corrected chi connectivity index (χ1v) is 16.5. The first kappa shape index (κ1) is 31.1. The number of amides is 1. The molecule has 10 heteroatoms. The largest absolute Gasteiger partial charge is 0.348 e. The van der Waals surface area contributed by atoms with E-state index in [0.717, 1.165) is 22.3 Å². The maximum atomic E-state index is 13.3. The van der Waals surface area contributed by atoms with Crippen LogP contribution in [0.15, 0.2) is 82.9 Å². The maximum Gasteiger partial charge on any atom is 0.251 e. The van der Waals surface area contributed by atoms with Crippen molar-refractivity contribution in [2.75, 3.05) is 17.2 Å². The van der Waals surface area contributed by atoms with Gasteiger partial charge < -0.3 is 14.8 Å². The molecule has 44 heavy (non-hydrogen) atoms. The van der Waals surface area contributed by atoms with Crippen LogP contribution in [0, 0.1) is 12.8 Å². The predicted octanol–water partition coefficient (Wildman–Crippen LogP) is 5.09. The zero-order valence-corrected chi connectivity index (χ0v) is 26.3. The van der Waals surface area contributed by atoms with E-state index in [1.807, 2.05) is 18.2 Å². The second-order valence-electron chi connectivity index (χ2n) is 11.5. The monoisotopic (exact) mass is 612 g/mol. The second kappa shape index (κ2) is 12.7. The Hall–Kier alpha value is -4.31. The predicted molar refractivity (Wildman–Crippen MR) is 172 cm³/mol. The summed E-state index contributed by atoms with van der Waals surface area (Å²) in [4.78, 5) is 37.3. The first-order valence-electron chi connectivity index (χ1n) is 14.8. The minimum Gasteiger partial charge on any atom is -0.348 e. The lowest BCUT2D eigenvalue weighted by molar-refractivity contribution is 0.0950. The van der Waals surface area contributed by atoms with Crippen molar-refractivity contribution in [3.05, 3.63) is 113 Å². The molecule has 0 bridgehead atoms. The number of hydrogen-bond acceptors (Lipinski definition) is 7. The molecule has 229 valence electrons. The van der Waals surface area contributed by atoms with Crippen molar-refractivity contribution in [1.82, 2.24) is 19.9 Å². The molecule has 2 atom stereocenters. The van der Waals surface area contributed by atoms with Gasteiger partial charge in [0, 0.05) is 61.8 Å². The maximum absolute atomic E-state index is 13.3. The zero-order chi connectivity index (χ0) is 31.6. The Bertz CT molecular complexity index is 1820. The van der Waals surface area contributed by atoms with Crippen LogP contribution >= 0.6 is 0 Å². The highest BCUT2D eigenvalue weighted by atomic mass is 32.2. The molecule has 4 aromatic rings. The number of benzene rings is 2. The molecule has 1 unspecified atom stereocenters. The van der Waals surface area contributed by atoms with E-state index < -0.39 is 9.84 Å². The van der Waals surface area contributed by atoms with Gasteiger partial charge >= 0.3 is 0 Å². The highest BCUT2D eigenvalue weighted by molar-refractivity contribution is 7.91. The summed E-state index contributed by atoms with van der Waals surface area (Å²) in [5, 5.41) is 2.97. The SMILES string of the molecule is [CH2]CC1c2cc(C(=O)NCc3ccc(S(=O)(=O)CC)cc3)ccc2[C@@H](C(C)C)CN1c1ncc(-c2ccn(C)c(=O)c2)cn1. The number of aryl methyl sites for hydroxylation is 1. The highest BCUT2D eigenvalue weighted by Crippen LogP contribution is 2.42. The number of anilines is 1. The lowest BCUT2D eigenvalue weighted by Gasteiger charge is -2.42. The minimum absolute atomic E-state index is 0.0399. The van der Waals surface area contributed by atoms with Crippen molar-refractivity contribution in [1.29, 1.82) is 0 Å². The molecule has 5 rings (SSSR count). The van der Waals surface area contributed by atoms with Crippen LogP contribution in [0.5, 0.6) is 0 Å². The van der Waals surface area contributed by atoms with E-state index >= 15 is 0 Å². The van der Waals surface area contributed by atoms with Crippen LogP contribution in [-0.2, 0) is 23.4 Å². The van der Waals surface area contributed by atoms with Crippen molar-refractivity contribution in [3.63, 3.8) is 0 Å². The average molecular weight is 613 g/mol. The summed E-state index contributed by atoms with van der Waals surface area (Å²) >= 11 is 0. The fourth-order valence-electron chi connectivity index (χ4n) is 5.66. The fraction of sp³-hybridized carbons (Fsp3) is 0.324. The van der Waals surface area contributed by atoms with Gasteiger partial charge in [-0.3, -0.25) is 9.59 Å². The van der Waals surface area contributed by atoms with Gasteiger partial charge in [-0.05, 0) is 64.9 Å². The fourth-order valence-corrected chi connectivity index (χ4v) is 6.55. The van der Waals surface area contributed by atoms with Crippen LogP contribution in [0.3, 0.4) is 0 Å². The van der Waals surface area contributed by atoms with Gasteiger partial charge in [0.15, 0.2) is 9.84 Å². The summed E-state index contributed by atoms with van der Waals surface area (Å²) in [5.74, 6) is 0.932. The Morgan fingerprint density at radius 3 is 2.34 bits per heavy atom. The Labute approximate surface area is 258 Å². The molecule has 2 aromatic carbocycles. The molecule has 0 saturated heterocycles. The molecule has 1 N–H and O–H groups in total. The third kappa shape index (κ3) is 6.31. The molecule has 1 aliphatic heterocycles. The summed E-state index contributed by atoms with van der Waals surface area (Å²) in [7, 11) is -1.57. The van der Waals surface area contributed by atoms with Crippen LogP contribution < -0.4 is 15.8 Å². The van der Waals surface area contributed by atoms with E-state index in [0.29, 0.717) is 30.4 Å². The van der Waals surface area contributed by atoms with E-state index in [-0.39, 0.29) is 40.6 Å². The van der Waals surface area contributed by atoms with Gasteiger partial charge in [0.1, 0.15) is 0 Å². The van der Waals surface area contributed by atoms with Crippen molar-refractivity contribution < 1.29 is 13.2 Å². The Morgan fingerprint density at radius 2 is 1.73 bits per heavy atom. The number of rotatable bonds is 9. The number of carbonyl (C=O) groups is 1. The average Bonchev–Trinajstić information content (AvgIpc) is 3.04. The minimum atomic E-state index is -3.28. The highest BCUT2D eigenvalue weighted by Gasteiger charge is 2.35. The Balaban J connectivity index is 1.39. The normalized spacial score (nSPS) is 16.5.